The van der Waals surface area contributed by atoms with E-state index >= 15 is 0 Å². The van der Waals surface area contributed by atoms with E-state index < -0.39 is 0 Å². The second-order valence-corrected chi connectivity index (χ2v) is 5.27. The third-order valence-electron chi connectivity index (χ3n) is 3.35. The Balaban J connectivity index is 2.23. The normalized spacial score (nSPS) is 28.3. The van der Waals surface area contributed by atoms with Gasteiger partial charge in [0.25, 0.3) is 0 Å². The molecule has 2 rings (SSSR count). The number of aliphatic hydroxyl groups excluding tert-OH is 1. The number of ether oxygens (including phenoxy) is 1. The van der Waals surface area contributed by atoms with Gasteiger partial charge in [0.2, 0.25) is 0 Å². The summed E-state index contributed by atoms with van der Waals surface area (Å²) in [5.74, 6) is 1.15. The smallest absolute Gasteiger partial charge is 0.319 e. The average Bonchev–Trinajstić information content (AvgIpc) is 2.34. The average molecular weight is 272 g/mol. The number of hydrogen-bond acceptors (Lipinski definition) is 5. The topological polar surface area (TPSA) is 58.5 Å². The molecule has 2 heterocycles. The Bertz CT molecular complexity index is 418. The van der Waals surface area contributed by atoms with Gasteiger partial charge in [-0.1, -0.05) is 25.4 Å². The minimum absolute atomic E-state index is 0.202. The van der Waals surface area contributed by atoms with Crippen molar-refractivity contribution in [2.24, 2.45) is 11.8 Å². The van der Waals surface area contributed by atoms with Gasteiger partial charge in [0.1, 0.15) is 11.0 Å². The van der Waals surface area contributed by atoms with Crippen molar-refractivity contribution in [3.63, 3.8) is 0 Å². The molecule has 2 atom stereocenters. The van der Waals surface area contributed by atoms with E-state index in [2.05, 4.69) is 14.9 Å². The van der Waals surface area contributed by atoms with E-state index in [9.17, 15) is 5.11 Å². The van der Waals surface area contributed by atoms with E-state index in [0.29, 0.717) is 5.15 Å². The molecule has 1 N–H and O–H groups in total. The number of hydrogen-bond donors (Lipinski definition) is 1. The zero-order chi connectivity index (χ0) is 13.3. The molecular formula is C12H18ClN3O2. The third-order valence-corrected chi connectivity index (χ3v) is 3.54. The van der Waals surface area contributed by atoms with Crippen LogP contribution in [0.5, 0.6) is 6.01 Å². The molecule has 0 amide bonds. The molecule has 1 saturated heterocycles. The van der Waals surface area contributed by atoms with Crippen molar-refractivity contribution in [2.75, 3.05) is 25.1 Å². The number of nitrogens with zero attached hydrogens (tertiary/aromatic N) is 3. The van der Waals surface area contributed by atoms with Crippen molar-refractivity contribution in [3.05, 3.63) is 11.2 Å². The highest BCUT2D eigenvalue weighted by Gasteiger charge is 2.31. The van der Waals surface area contributed by atoms with Crippen molar-refractivity contribution in [3.8, 4) is 6.01 Å². The first kappa shape index (κ1) is 13.4. The van der Waals surface area contributed by atoms with Crippen LogP contribution in [0.15, 0.2) is 6.07 Å². The van der Waals surface area contributed by atoms with Gasteiger partial charge < -0.3 is 14.7 Å². The lowest BCUT2D eigenvalue weighted by molar-refractivity contribution is 0.0527. The Morgan fingerprint density at radius 2 is 1.94 bits per heavy atom. The monoisotopic (exact) mass is 271 g/mol. The zero-order valence-corrected chi connectivity index (χ0v) is 11.6. The quantitative estimate of drug-likeness (QED) is 0.828. The van der Waals surface area contributed by atoms with Gasteiger partial charge in [0.15, 0.2) is 0 Å². The Morgan fingerprint density at radius 3 is 2.50 bits per heavy atom. The lowest BCUT2D eigenvalue weighted by Gasteiger charge is -2.39. The Labute approximate surface area is 112 Å². The minimum atomic E-state index is -0.263. The molecule has 6 heteroatoms. The summed E-state index contributed by atoms with van der Waals surface area (Å²) in [6.45, 7) is 5.57. The predicted molar refractivity (Wildman–Crippen MR) is 70.1 cm³/mol. The van der Waals surface area contributed by atoms with Crippen molar-refractivity contribution in [2.45, 2.75) is 20.0 Å². The van der Waals surface area contributed by atoms with Crippen molar-refractivity contribution >= 4 is 17.4 Å². The fraction of sp³-hybridized carbons (Fsp3) is 0.667. The van der Waals surface area contributed by atoms with Crippen LogP contribution in [0.2, 0.25) is 5.15 Å². The number of anilines is 1. The van der Waals surface area contributed by atoms with Crippen molar-refractivity contribution in [1.29, 1.82) is 0 Å². The van der Waals surface area contributed by atoms with E-state index in [1.165, 1.54) is 7.11 Å². The molecule has 100 valence electrons. The van der Waals surface area contributed by atoms with Gasteiger partial charge in [-0.2, -0.15) is 9.97 Å². The number of rotatable bonds is 2. The second-order valence-electron chi connectivity index (χ2n) is 4.89. The summed E-state index contributed by atoms with van der Waals surface area (Å²) >= 11 is 5.94. The molecule has 2 unspecified atom stereocenters. The van der Waals surface area contributed by atoms with Crippen LogP contribution in [0.25, 0.3) is 0 Å². The first-order chi connectivity index (χ1) is 8.51. The van der Waals surface area contributed by atoms with Gasteiger partial charge in [-0.25, -0.2) is 0 Å². The molecule has 18 heavy (non-hydrogen) atoms. The maximum absolute atomic E-state index is 9.96. The SMILES string of the molecule is COc1nc(Cl)cc(N2CC(C)C(O)C(C)C2)n1. The maximum Gasteiger partial charge on any atom is 0.319 e. The Morgan fingerprint density at radius 1 is 1.33 bits per heavy atom. The van der Waals surface area contributed by atoms with Crippen molar-refractivity contribution < 1.29 is 9.84 Å². The fourth-order valence-corrected chi connectivity index (χ4v) is 2.54. The van der Waals surface area contributed by atoms with Gasteiger partial charge >= 0.3 is 6.01 Å². The van der Waals surface area contributed by atoms with Crippen LogP contribution < -0.4 is 9.64 Å². The molecular weight excluding hydrogens is 254 g/mol. The van der Waals surface area contributed by atoms with Crippen LogP contribution in [0, 0.1) is 11.8 Å². The predicted octanol–water partition coefficient (Wildman–Crippen LogP) is 1.59. The summed E-state index contributed by atoms with van der Waals surface area (Å²) in [6, 6.07) is 1.99. The molecule has 0 radical (unpaired) electrons. The molecule has 5 nitrogen and oxygen atoms in total. The van der Waals surface area contributed by atoms with Crippen LogP contribution in [-0.2, 0) is 0 Å². The summed E-state index contributed by atoms with van der Waals surface area (Å²) in [5.41, 5.74) is 0. The van der Waals surface area contributed by atoms with Crippen LogP contribution in [-0.4, -0.2) is 41.4 Å². The van der Waals surface area contributed by atoms with Crippen LogP contribution >= 0.6 is 11.6 Å². The highest BCUT2D eigenvalue weighted by molar-refractivity contribution is 6.29. The first-order valence-electron chi connectivity index (χ1n) is 6.03. The first-order valence-corrected chi connectivity index (χ1v) is 6.40. The number of methoxy groups -OCH3 is 1. The van der Waals surface area contributed by atoms with E-state index in [4.69, 9.17) is 16.3 Å². The van der Waals surface area contributed by atoms with Crippen LogP contribution in [0.3, 0.4) is 0 Å². The molecule has 1 aromatic heterocycles. The van der Waals surface area contributed by atoms with Gasteiger partial charge in [-0.15, -0.1) is 0 Å². The lowest BCUT2D eigenvalue weighted by atomic mass is 9.88. The minimum Gasteiger partial charge on any atom is -0.467 e. The highest BCUT2D eigenvalue weighted by Crippen LogP contribution is 2.27. The maximum atomic E-state index is 9.96. The Kier molecular flexibility index (Phi) is 3.92. The van der Waals surface area contributed by atoms with Gasteiger partial charge in [-0.3, -0.25) is 0 Å². The molecule has 1 aliphatic rings. The van der Waals surface area contributed by atoms with E-state index in [1.54, 1.807) is 6.07 Å². The van der Waals surface area contributed by atoms with Crippen LogP contribution in [0.1, 0.15) is 13.8 Å². The van der Waals surface area contributed by atoms with E-state index in [-0.39, 0.29) is 24.0 Å². The molecule has 0 saturated carbocycles. The summed E-state index contributed by atoms with van der Waals surface area (Å²) in [5, 5.41) is 10.3. The van der Waals surface area contributed by atoms with Gasteiger partial charge in [0, 0.05) is 19.2 Å². The van der Waals surface area contributed by atoms with Crippen molar-refractivity contribution in [1.82, 2.24) is 9.97 Å². The lowest BCUT2D eigenvalue weighted by Crippen LogP contribution is -2.47. The zero-order valence-electron chi connectivity index (χ0n) is 10.8. The van der Waals surface area contributed by atoms with Gasteiger partial charge in [0.05, 0.1) is 13.2 Å². The molecule has 0 spiro atoms. The molecule has 0 bridgehead atoms. The van der Waals surface area contributed by atoms with Gasteiger partial charge in [-0.05, 0) is 11.8 Å². The number of halogens is 1. The molecule has 0 aliphatic carbocycles. The summed E-state index contributed by atoms with van der Waals surface area (Å²) in [7, 11) is 1.51. The molecule has 0 aromatic carbocycles. The summed E-state index contributed by atoms with van der Waals surface area (Å²) in [6.07, 6.45) is -0.263. The second kappa shape index (κ2) is 5.28. The number of piperidine rings is 1. The largest absolute Gasteiger partial charge is 0.467 e. The fourth-order valence-electron chi connectivity index (χ4n) is 2.37. The highest BCUT2D eigenvalue weighted by atomic mass is 35.5. The number of aromatic nitrogens is 2. The molecule has 1 aliphatic heterocycles. The van der Waals surface area contributed by atoms with E-state index in [1.807, 2.05) is 13.8 Å². The molecule has 1 fully saturated rings. The van der Waals surface area contributed by atoms with Crippen LogP contribution in [0.4, 0.5) is 5.82 Å². The Hall–Kier alpha value is -1.07. The summed E-state index contributed by atoms with van der Waals surface area (Å²) < 4.78 is 5.02. The number of aliphatic hydroxyl groups is 1. The standard InChI is InChI=1S/C12H18ClN3O2/c1-7-5-16(6-8(2)11(7)17)10-4-9(13)14-12(15-10)18-3/h4,7-8,11,17H,5-6H2,1-3H3. The third kappa shape index (κ3) is 2.67. The molecule has 1 aromatic rings. The summed E-state index contributed by atoms with van der Waals surface area (Å²) in [4.78, 5) is 10.4. The van der Waals surface area contributed by atoms with E-state index in [0.717, 1.165) is 18.9 Å².